The third-order valence-corrected chi connectivity index (χ3v) is 2.30. The van der Waals surface area contributed by atoms with Crippen LogP contribution in [0.1, 0.15) is 18.2 Å². The van der Waals surface area contributed by atoms with E-state index >= 15 is 0 Å². The molecule has 0 aliphatic heterocycles. The van der Waals surface area contributed by atoms with Crippen LogP contribution in [-0.4, -0.2) is 17.8 Å². The first kappa shape index (κ1) is 10.4. The van der Waals surface area contributed by atoms with Gasteiger partial charge >= 0.3 is 0 Å². The van der Waals surface area contributed by atoms with Crippen LogP contribution >= 0.6 is 11.8 Å². The second-order valence-electron chi connectivity index (χ2n) is 2.97. The van der Waals surface area contributed by atoms with Gasteiger partial charge < -0.3 is 5.32 Å². The highest BCUT2D eigenvalue weighted by molar-refractivity contribution is 7.97. The lowest BCUT2D eigenvalue weighted by atomic mass is 10.2. The second kappa shape index (κ2) is 5.12. The smallest absolute Gasteiger partial charge is 0.126 e. The molecule has 1 rings (SSSR count). The molecule has 1 aromatic rings. The standard InChI is InChI=1S/C10H16N2S/c1-4-11-10-6-9(7-13-3)5-8(2)12-10/h5-6H,4,7H2,1-3H3,(H,11,12). The molecule has 1 aromatic heterocycles. The van der Waals surface area contributed by atoms with E-state index in [1.54, 1.807) is 0 Å². The predicted molar refractivity (Wildman–Crippen MR) is 60.4 cm³/mol. The Kier molecular flexibility index (Phi) is 4.09. The molecule has 0 radical (unpaired) electrons. The van der Waals surface area contributed by atoms with Crippen molar-refractivity contribution < 1.29 is 0 Å². The van der Waals surface area contributed by atoms with Gasteiger partial charge in [-0.3, -0.25) is 0 Å². The summed E-state index contributed by atoms with van der Waals surface area (Å²) >= 11 is 1.83. The van der Waals surface area contributed by atoms with Crippen LogP contribution in [0, 0.1) is 6.92 Å². The number of rotatable bonds is 4. The minimum atomic E-state index is 0.926. The van der Waals surface area contributed by atoms with Gasteiger partial charge in [0, 0.05) is 18.0 Å². The molecule has 0 aromatic carbocycles. The van der Waals surface area contributed by atoms with E-state index in [2.05, 4.69) is 35.6 Å². The topological polar surface area (TPSA) is 24.9 Å². The van der Waals surface area contributed by atoms with Crippen molar-refractivity contribution in [2.45, 2.75) is 19.6 Å². The highest BCUT2D eigenvalue weighted by Gasteiger charge is 1.98. The van der Waals surface area contributed by atoms with E-state index in [1.165, 1.54) is 5.56 Å². The summed E-state index contributed by atoms with van der Waals surface area (Å²) in [7, 11) is 0. The Morgan fingerprint density at radius 3 is 2.85 bits per heavy atom. The normalized spacial score (nSPS) is 10.1. The Balaban J connectivity index is 2.83. The molecule has 0 bridgehead atoms. The van der Waals surface area contributed by atoms with Gasteiger partial charge in [-0.15, -0.1) is 0 Å². The van der Waals surface area contributed by atoms with E-state index < -0.39 is 0 Å². The molecule has 0 aliphatic rings. The average molecular weight is 196 g/mol. The lowest BCUT2D eigenvalue weighted by molar-refractivity contribution is 1.11. The summed E-state index contributed by atoms with van der Waals surface area (Å²) in [6.07, 6.45) is 2.11. The number of thioether (sulfide) groups is 1. The van der Waals surface area contributed by atoms with E-state index in [4.69, 9.17) is 0 Å². The monoisotopic (exact) mass is 196 g/mol. The Bertz CT molecular complexity index is 249. The van der Waals surface area contributed by atoms with E-state index in [1.807, 2.05) is 18.7 Å². The van der Waals surface area contributed by atoms with Crippen LogP contribution in [0.25, 0.3) is 0 Å². The third kappa shape index (κ3) is 3.27. The number of anilines is 1. The molecule has 3 heteroatoms. The van der Waals surface area contributed by atoms with Crippen LogP contribution in [0.3, 0.4) is 0 Å². The number of nitrogens with zero attached hydrogens (tertiary/aromatic N) is 1. The predicted octanol–water partition coefficient (Wildman–Crippen LogP) is 2.68. The molecular weight excluding hydrogens is 180 g/mol. The number of hydrogen-bond acceptors (Lipinski definition) is 3. The van der Waals surface area contributed by atoms with Gasteiger partial charge in [0.1, 0.15) is 5.82 Å². The molecule has 0 atom stereocenters. The molecule has 0 saturated heterocycles. The highest BCUT2D eigenvalue weighted by Crippen LogP contribution is 2.14. The van der Waals surface area contributed by atoms with Gasteiger partial charge in [-0.25, -0.2) is 4.98 Å². The first-order valence-electron chi connectivity index (χ1n) is 4.46. The summed E-state index contributed by atoms with van der Waals surface area (Å²) in [6.45, 7) is 5.04. The second-order valence-corrected chi connectivity index (χ2v) is 3.83. The van der Waals surface area contributed by atoms with Crippen molar-refractivity contribution >= 4 is 17.6 Å². The zero-order valence-electron chi connectivity index (χ0n) is 8.42. The molecule has 0 amide bonds. The third-order valence-electron chi connectivity index (χ3n) is 1.68. The Morgan fingerprint density at radius 2 is 2.23 bits per heavy atom. The maximum absolute atomic E-state index is 4.39. The van der Waals surface area contributed by atoms with Crippen LogP contribution in [0.15, 0.2) is 12.1 Å². The molecule has 0 fully saturated rings. The van der Waals surface area contributed by atoms with Crippen LogP contribution < -0.4 is 5.32 Å². The molecular formula is C10H16N2S. The zero-order valence-corrected chi connectivity index (χ0v) is 9.24. The lowest BCUT2D eigenvalue weighted by Gasteiger charge is -2.06. The van der Waals surface area contributed by atoms with Gasteiger partial charge in [-0.05, 0) is 37.8 Å². The number of aryl methyl sites for hydroxylation is 1. The number of pyridine rings is 1. The fraction of sp³-hybridized carbons (Fsp3) is 0.500. The van der Waals surface area contributed by atoms with Crippen molar-refractivity contribution in [3.8, 4) is 0 Å². The molecule has 1 N–H and O–H groups in total. The molecule has 0 aliphatic carbocycles. The molecule has 72 valence electrons. The fourth-order valence-corrected chi connectivity index (χ4v) is 1.76. The van der Waals surface area contributed by atoms with Crippen LogP contribution in [-0.2, 0) is 5.75 Å². The van der Waals surface area contributed by atoms with Crippen LogP contribution in [0.2, 0.25) is 0 Å². The lowest BCUT2D eigenvalue weighted by Crippen LogP contribution is -2.01. The quantitative estimate of drug-likeness (QED) is 0.801. The average Bonchev–Trinajstić information content (AvgIpc) is 2.04. The minimum Gasteiger partial charge on any atom is -0.370 e. The van der Waals surface area contributed by atoms with E-state index in [0.29, 0.717) is 0 Å². The minimum absolute atomic E-state index is 0.926. The first-order valence-corrected chi connectivity index (χ1v) is 5.86. The largest absolute Gasteiger partial charge is 0.370 e. The van der Waals surface area contributed by atoms with Gasteiger partial charge in [0.25, 0.3) is 0 Å². The van der Waals surface area contributed by atoms with Gasteiger partial charge in [-0.2, -0.15) is 11.8 Å². The van der Waals surface area contributed by atoms with Crippen molar-refractivity contribution in [3.05, 3.63) is 23.4 Å². The van der Waals surface area contributed by atoms with Gasteiger partial charge in [0.2, 0.25) is 0 Å². The Labute approximate surface area is 84.1 Å². The summed E-state index contributed by atoms with van der Waals surface area (Å²) in [5.74, 6) is 2.05. The fourth-order valence-electron chi connectivity index (χ4n) is 1.26. The van der Waals surface area contributed by atoms with Crippen molar-refractivity contribution in [2.24, 2.45) is 0 Å². The highest BCUT2D eigenvalue weighted by atomic mass is 32.2. The van der Waals surface area contributed by atoms with E-state index in [0.717, 1.165) is 23.8 Å². The summed E-state index contributed by atoms with van der Waals surface area (Å²) in [6, 6.07) is 4.25. The van der Waals surface area contributed by atoms with Crippen LogP contribution in [0.5, 0.6) is 0 Å². The van der Waals surface area contributed by atoms with Crippen molar-refractivity contribution in [2.75, 3.05) is 18.1 Å². The van der Waals surface area contributed by atoms with Gasteiger partial charge in [0.05, 0.1) is 0 Å². The SMILES string of the molecule is CCNc1cc(CSC)cc(C)n1. The molecule has 2 nitrogen and oxygen atoms in total. The zero-order chi connectivity index (χ0) is 9.68. The molecule has 0 saturated carbocycles. The summed E-state index contributed by atoms with van der Waals surface area (Å²) in [4.78, 5) is 4.39. The summed E-state index contributed by atoms with van der Waals surface area (Å²) in [5.41, 5.74) is 2.43. The number of nitrogens with one attached hydrogen (secondary N) is 1. The van der Waals surface area contributed by atoms with E-state index in [-0.39, 0.29) is 0 Å². The Morgan fingerprint density at radius 1 is 1.46 bits per heavy atom. The van der Waals surface area contributed by atoms with Crippen LogP contribution in [0.4, 0.5) is 5.82 Å². The molecule has 13 heavy (non-hydrogen) atoms. The van der Waals surface area contributed by atoms with Gasteiger partial charge in [0.15, 0.2) is 0 Å². The van der Waals surface area contributed by atoms with E-state index in [9.17, 15) is 0 Å². The molecule has 0 unspecified atom stereocenters. The first-order chi connectivity index (χ1) is 6.26. The maximum atomic E-state index is 4.39. The summed E-state index contributed by atoms with van der Waals surface area (Å²) < 4.78 is 0. The van der Waals surface area contributed by atoms with Crippen molar-refractivity contribution in [1.29, 1.82) is 0 Å². The molecule has 1 heterocycles. The number of aromatic nitrogens is 1. The van der Waals surface area contributed by atoms with Crippen molar-refractivity contribution in [1.82, 2.24) is 4.98 Å². The van der Waals surface area contributed by atoms with Gasteiger partial charge in [-0.1, -0.05) is 0 Å². The number of hydrogen-bond donors (Lipinski definition) is 1. The summed E-state index contributed by atoms with van der Waals surface area (Å²) in [5, 5.41) is 3.23. The van der Waals surface area contributed by atoms with Crippen molar-refractivity contribution in [3.63, 3.8) is 0 Å². The molecule has 0 spiro atoms. The maximum Gasteiger partial charge on any atom is 0.126 e. The Hall–Kier alpha value is -0.700.